The van der Waals surface area contributed by atoms with E-state index in [0.29, 0.717) is 18.2 Å². The van der Waals surface area contributed by atoms with E-state index in [-0.39, 0.29) is 12.4 Å². The van der Waals surface area contributed by atoms with Gasteiger partial charge in [-0.15, -0.1) is 0 Å². The summed E-state index contributed by atoms with van der Waals surface area (Å²) in [6.07, 6.45) is 5.61. The molecule has 0 amide bonds. The van der Waals surface area contributed by atoms with E-state index < -0.39 is 6.10 Å². The molecule has 0 aromatic heterocycles. The van der Waals surface area contributed by atoms with Gasteiger partial charge in [-0.1, -0.05) is 25.3 Å². The Kier molecular flexibility index (Phi) is 5.19. The Morgan fingerprint density at radius 2 is 1.95 bits per heavy atom. The van der Waals surface area contributed by atoms with Crippen LogP contribution in [0.1, 0.15) is 49.3 Å². The average Bonchev–Trinajstić information content (AvgIpc) is 2.46. The molecule has 0 spiro atoms. The quantitative estimate of drug-likeness (QED) is 0.655. The van der Waals surface area contributed by atoms with Gasteiger partial charge in [0.15, 0.2) is 0 Å². The lowest BCUT2D eigenvalue weighted by molar-refractivity contribution is 0.165. The number of nitrogens with one attached hydrogen (secondary N) is 1. The van der Waals surface area contributed by atoms with Gasteiger partial charge in [-0.2, -0.15) is 0 Å². The Labute approximate surface area is 114 Å². The maximum atomic E-state index is 10.1. The van der Waals surface area contributed by atoms with Crippen LogP contribution in [0.2, 0.25) is 0 Å². The van der Waals surface area contributed by atoms with Gasteiger partial charge in [-0.05, 0) is 30.5 Å². The van der Waals surface area contributed by atoms with Crippen LogP contribution in [-0.4, -0.2) is 27.9 Å². The molecular formula is C15H23NO3. The van der Waals surface area contributed by atoms with Crippen molar-refractivity contribution in [2.24, 2.45) is 0 Å². The highest BCUT2D eigenvalue weighted by molar-refractivity contribution is 5.36. The topological polar surface area (TPSA) is 72.7 Å². The largest absolute Gasteiger partial charge is 0.508 e. The van der Waals surface area contributed by atoms with Gasteiger partial charge in [0.05, 0.1) is 12.7 Å². The van der Waals surface area contributed by atoms with Crippen molar-refractivity contribution in [2.75, 3.05) is 6.54 Å². The number of aliphatic hydroxyl groups is 2. The number of aromatic hydroxyl groups is 1. The van der Waals surface area contributed by atoms with Crippen LogP contribution in [0.3, 0.4) is 0 Å². The lowest BCUT2D eigenvalue weighted by Gasteiger charge is -2.24. The lowest BCUT2D eigenvalue weighted by Crippen LogP contribution is -2.34. The summed E-state index contributed by atoms with van der Waals surface area (Å²) in [4.78, 5) is 0. The molecular weight excluding hydrogens is 242 g/mol. The van der Waals surface area contributed by atoms with Crippen molar-refractivity contribution in [3.05, 3.63) is 29.3 Å². The normalized spacial score (nSPS) is 18.4. The molecule has 1 aliphatic rings. The number of hydrogen-bond acceptors (Lipinski definition) is 4. The zero-order valence-corrected chi connectivity index (χ0v) is 11.2. The van der Waals surface area contributed by atoms with Crippen LogP contribution >= 0.6 is 0 Å². The van der Waals surface area contributed by atoms with E-state index in [4.69, 9.17) is 5.11 Å². The van der Waals surface area contributed by atoms with Crippen LogP contribution in [0.15, 0.2) is 18.2 Å². The minimum Gasteiger partial charge on any atom is -0.508 e. The van der Waals surface area contributed by atoms with Crippen LogP contribution in [0.25, 0.3) is 0 Å². The number of aliphatic hydroxyl groups excluding tert-OH is 2. The molecule has 1 aliphatic carbocycles. The fourth-order valence-corrected chi connectivity index (χ4v) is 2.64. The maximum Gasteiger partial charge on any atom is 0.121 e. The molecule has 0 bridgehead atoms. The van der Waals surface area contributed by atoms with Gasteiger partial charge in [0.2, 0.25) is 0 Å². The van der Waals surface area contributed by atoms with E-state index in [1.165, 1.54) is 38.2 Å². The van der Waals surface area contributed by atoms with E-state index in [1.54, 1.807) is 12.1 Å². The molecule has 1 saturated carbocycles. The highest BCUT2D eigenvalue weighted by atomic mass is 16.3. The molecule has 0 saturated heterocycles. The minimum atomic E-state index is -0.604. The van der Waals surface area contributed by atoms with Gasteiger partial charge >= 0.3 is 0 Å². The van der Waals surface area contributed by atoms with Crippen molar-refractivity contribution < 1.29 is 15.3 Å². The highest BCUT2D eigenvalue weighted by Gasteiger charge is 2.15. The maximum absolute atomic E-state index is 10.1. The number of benzene rings is 1. The first kappa shape index (κ1) is 14.3. The van der Waals surface area contributed by atoms with Crippen molar-refractivity contribution in [2.45, 2.75) is 50.9 Å². The molecule has 19 heavy (non-hydrogen) atoms. The molecule has 1 aromatic carbocycles. The summed E-state index contributed by atoms with van der Waals surface area (Å²) >= 11 is 0. The van der Waals surface area contributed by atoms with E-state index >= 15 is 0 Å². The first-order valence-corrected chi connectivity index (χ1v) is 7.05. The summed E-state index contributed by atoms with van der Waals surface area (Å²) < 4.78 is 0. The van der Waals surface area contributed by atoms with E-state index in [0.717, 1.165) is 5.56 Å². The Morgan fingerprint density at radius 1 is 1.21 bits per heavy atom. The second-order valence-corrected chi connectivity index (χ2v) is 5.31. The van der Waals surface area contributed by atoms with Crippen LogP contribution < -0.4 is 5.32 Å². The van der Waals surface area contributed by atoms with Crippen molar-refractivity contribution in [1.82, 2.24) is 5.32 Å². The summed E-state index contributed by atoms with van der Waals surface area (Å²) in [5.41, 5.74) is 1.18. The molecule has 2 rings (SSSR count). The molecule has 1 unspecified atom stereocenters. The van der Waals surface area contributed by atoms with Crippen LogP contribution in [0.4, 0.5) is 0 Å². The Hall–Kier alpha value is -1.10. The zero-order valence-electron chi connectivity index (χ0n) is 11.2. The third kappa shape index (κ3) is 3.93. The van der Waals surface area contributed by atoms with Crippen molar-refractivity contribution in [1.29, 1.82) is 0 Å². The molecule has 0 aliphatic heterocycles. The van der Waals surface area contributed by atoms with E-state index in [1.807, 2.05) is 0 Å². The molecule has 4 N–H and O–H groups in total. The standard InChI is InChI=1S/C15H23NO3/c17-10-12-8-11(6-7-14(12)18)15(19)9-16-13-4-2-1-3-5-13/h6-8,13,15-19H,1-5,9-10H2. The van der Waals surface area contributed by atoms with Crippen molar-refractivity contribution in [3.8, 4) is 5.75 Å². The number of phenols is 1. The molecule has 106 valence electrons. The summed E-state index contributed by atoms with van der Waals surface area (Å²) in [6.45, 7) is 0.294. The Morgan fingerprint density at radius 3 is 2.63 bits per heavy atom. The third-order valence-electron chi connectivity index (χ3n) is 3.86. The summed E-state index contributed by atoms with van der Waals surface area (Å²) in [5, 5.41) is 32.1. The molecule has 4 nitrogen and oxygen atoms in total. The average molecular weight is 265 g/mol. The lowest BCUT2D eigenvalue weighted by atomic mass is 9.95. The van der Waals surface area contributed by atoms with Crippen molar-refractivity contribution in [3.63, 3.8) is 0 Å². The van der Waals surface area contributed by atoms with Gasteiger partial charge in [0.25, 0.3) is 0 Å². The second-order valence-electron chi connectivity index (χ2n) is 5.31. The van der Waals surface area contributed by atoms with Gasteiger partial charge in [0, 0.05) is 18.2 Å². The van der Waals surface area contributed by atoms with E-state index in [2.05, 4.69) is 5.32 Å². The summed E-state index contributed by atoms with van der Waals surface area (Å²) in [7, 11) is 0. The third-order valence-corrected chi connectivity index (χ3v) is 3.86. The number of hydrogen-bond donors (Lipinski definition) is 4. The monoisotopic (exact) mass is 265 g/mol. The van der Waals surface area contributed by atoms with E-state index in [9.17, 15) is 10.2 Å². The first-order chi connectivity index (χ1) is 9.20. The minimum absolute atomic E-state index is 0.0682. The van der Waals surface area contributed by atoms with Crippen LogP contribution in [-0.2, 0) is 6.61 Å². The van der Waals surface area contributed by atoms with Crippen LogP contribution in [0, 0.1) is 0 Å². The smallest absolute Gasteiger partial charge is 0.121 e. The fraction of sp³-hybridized carbons (Fsp3) is 0.600. The molecule has 1 fully saturated rings. The molecule has 4 heteroatoms. The zero-order chi connectivity index (χ0) is 13.7. The van der Waals surface area contributed by atoms with Gasteiger partial charge < -0.3 is 20.6 Å². The Balaban J connectivity index is 1.89. The molecule has 0 heterocycles. The molecule has 1 atom stereocenters. The van der Waals surface area contributed by atoms with Gasteiger partial charge in [0.1, 0.15) is 5.75 Å². The van der Waals surface area contributed by atoms with Crippen molar-refractivity contribution >= 4 is 0 Å². The fourth-order valence-electron chi connectivity index (χ4n) is 2.64. The summed E-state index contributed by atoms with van der Waals surface area (Å²) in [6, 6.07) is 5.38. The molecule has 0 radical (unpaired) electrons. The second kappa shape index (κ2) is 6.89. The summed E-state index contributed by atoms with van der Waals surface area (Å²) in [5.74, 6) is 0.0682. The number of rotatable bonds is 5. The molecule has 1 aromatic rings. The SMILES string of the molecule is OCc1cc(C(O)CNC2CCCCC2)ccc1O. The van der Waals surface area contributed by atoms with Gasteiger partial charge in [-0.3, -0.25) is 0 Å². The first-order valence-electron chi connectivity index (χ1n) is 7.05. The highest BCUT2D eigenvalue weighted by Crippen LogP contribution is 2.23. The van der Waals surface area contributed by atoms with Gasteiger partial charge in [-0.25, -0.2) is 0 Å². The predicted molar refractivity (Wildman–Crippen MR) is 73.9 cm³/mol. The predicted octanol–water partition coefficient (Wildman–Crippen LogP) is 1.84. The Bertz CT molecular complexity index is 402. The van der Waals surface area contributed by atoms with Crippen LogP contribution in [0.5, 0.6) is 5.75 Å².